The highest BCUT2D eigenvalue weighted by atomic mass is 32.1. The summed E-state index contributed by atoms with van der Waals surface area (Å²) in [5, 5.41) is 13.8. The molecule has 2 nitrogen and oxygen atoms in total. The molecule has 0 atom stereocenters. The van der Waals surface area contributed by atoms with Crippen molar-refractivity contribution in [2.24, 2.45) is 0 Å². The number of nitriles is 1. The van der Waals surface area contributed by atoms with Crippen LogP contribution in [0.1, 0.15) is 10.6 Å². The highest BCUT2D eigenvalue weighted by Gasteiger charge is 2.10. The lowest BCUT2D eigenvalue weighted by Gasteiger charge is -1.97. The maximum absolute atomic E-state index is 13.7. The summed E-state index contributed by atoms with van der Waals surface area (Å²) in [6, 6.07) is 12.4. The Balaban J connectivity index is 1.98. The summed E-state index contributed by atoms with van der Waals surface area (Å²) >= 11 is 2.98. The Bertz CT molecular complexity index is 826. The van der Waals surface area contributed by atoms with E-state index < -0.39 is 0 Å². The van der Waals surface area contributed by atoms with Crippen LogP contribution in [0.25, 0.3) is 22.2 Å². The molecule has 3 rings (SSSR count). The van der Waals surface area contributed by atoms with Crippen LogP contribution in [0.3, 0.4) is 0 Å². The molecular weight excluding hydrogens is 303 g/mol. The van der Waals surface area contributed by atoms with Gasteiger partial charge in [-0.05, 0) is 23.6 Å². The molecule has 2 heterocycles. The molecule has 5 heteroatoms. The zero-order valence-electron chi connectivity index (χ0n) is 10.8. The number of allylic oxidation sites excluding steroid dienone is 1. The molecule has 21 heavy (non-hydrogen) atoms. The second-order valence-electron chi connectivity index (χ2n) is 4.21. The Morgan fingerprint density at radius 1 is 1.19 bits per heavy atom. The first-order valence-corrected chi connectivity index (χ1v) is 7.90. The van der Waals surface area contributed by atoms with Gasteiger partial charge in [-0.15, -0.1) is 22.7 Å². The van der Waals surface area contributed by atoms with Gasteiger partial charge in [-0.3, -0.25) is 0 Å². The van der Waals surface area contributed by atoms with Crippen LogP contribution in [0.5, 0.6) is 0 Å². The molecule has 0 saturated carbocycles. The first-order valence-electron chi connectivity index (χ1n) is 6.14. The van der Waals surface area contributed by atoms with Crippen molar-refractivity contribution in [1.29, 1.82) is 5.26 Å². The zero-order chi connectivity index (χ0) is 14.7. The molecule has 0 fully saturated rings. The Morgan fingerprint density at radius 2 is 2.05 bits per heavy atom. The lowest BCUT2D eigenvalue weighted by molar-refractivity contribution is 0.625. The summed E-state index contributed by atoms with van der Waals surface area (Å²) in [5.41, 5.74) is 1.61. The normalized spacial score (nSPS) is 11.3. The maximum Gasteiger partial charge on any atom is 0.134 e. The fraction of sp³-hybridized carbons (Fsp3) is 0. The third-order valence-corrected chi connectivity index (χ3v) is 4.60. The molecule has 0 spiro atoms. The zero-order valence-corrected chi connectivity index (χ0v) is 12.4. The number of thiazole rings is 1. The Hall–Kier alpha value is -2.29. The highest BCUT2D eigenvalue weighted by molar-refractivity contribution is 7.14. The Labute approximate surface area is 129 Å². The van der Waals surface area contributed by atoms with E-state index in [1.807, 2.05) is 22.9 Å². The van der Waals surface area contributed by atoms with Crippen molar-refractivity contribution < 1.29 is 4.39 Å². The lowest BCUT2D eigenvalue weighted by Crippen LogP contribution is -1.84. The summed E-state index contributed by atoms with van der Waals surface area (Å²) < 4.78 is 13.7. The summed E-state index contributed by atoms with van der Waals surface area (Å²) in [4.78, 5) is 5.52. The van der Waals surface area contributed by atoms with E-state index in [0.29, 0.717) is 16.1 Å². The molecule has 2 aromatic heterocycles. The van der Waals surface area contributed by atoms with Crippen LogP contribution in [0.15, 0.2) is 47.2 Å². The number of rotatable bonds is 3. The van der Waals surface area contributed by atoms with Crippen molar-refractivity contribution in [2.75, 3.05) is 0 Å². The third kappa shape index (κ3) is 2.92. The van der Waals surface area contributed by atoms with Gasteiger partial charge in [0.2, 0.25) is 0 Å². The minimum absolute atomic E-state index is 0.347. The monoisotopic (exact) mass is 312 g/mol. The van der Waals surface area contributed by atoms with E-state index in [4.69, 9.17) is 0 Å². The van der Waals surface area contributed by atoms with Crippen molar-refractivity contribution in [1.82, 2.24) is 4.98 Å². The molecule has 3 aromatic rings. The van der Waals surface area contributed by atoms with Crippen LogP contribution >= 0.6 is 22.7 Å². The molecule has 0 bridgehead atoms. The first-order chi connectivity index (χ1) is 10.3. The average molecular weight is 312 g/mol. The Morgan fingerprint density at radius 3 is 2.76 bits per heavy atom. The van der Waals surface area contributed by atoms with Gasteiger partial charge in [0.15, 0.2) is 0 Å². The van der Waals surface area contributed by atoms with E-state index >= 15 is 0 Å². The smallest absolute Gasteiger partial charge is 0.134 e. The van der Waals surface area contributed by atoms with Crippen LogP contribution in [0.2, 0.25) is 0 Å². The van der Waals surface area contributed by atoms with Crippen molar-refractivity contribution in [3.05, 3.63) is 63.5 Å². The molecule has 0 amide bonds. The van der Waals surface area contributed by atoms with Crippen LogP contribution in [-0.2, 0) is 0 Å². The van der Waals surface area contributed by atoms with E-state index in [-0.39, 0.29) is 5.82 Å². The lowest BCUT2D eigenvalue weighted by atomic mass is 10.1. The number of hydrogen-bond acceptors (Lipinski definition) is 4. The maximum atomic E-state index is 13.7. The van der Waals surface area contributed by atoms with Crippen molar-refractivity contribution in [2.45, 2.75) is 0 Å². The minimum atomic E-state index is -0.347. The molecule has 0 unspecified atom stereocenters. The third-order valence-electron chi connectivity index (χ3n) is 2.83. The topological polar surface area (TPSA) is 36.7 Å². The number of aromatic nitrogens is 1. The van der Waals surface area contributed by atoms with Gasteiger partial charge in [0.05, 0.1) is 16.1 Å². The van der Waals surface area contributed by atoms with Gasteiger partial charge in [0.25, 0.3) is 0 Å². The molecule has 0 aliphatic carbocycles. The molecule has 0 saturated heterocycles. The quantitative estimate of drug-likeness (QED) is 0.633. The molecule has 0 aliphatic heterocycles. The van der Waals surface area contributed by atoms with Crippen molar-refractivity contribution in [3.8, 4) is 16.6 Å². The van der Waals surface area contributed by atoms with Crippen LogP contribution in [-0.4, -0.2) is 4.98 Å². The van der Waals surface area contributed by atoms with Gasteiger partial charge in [0.1, 0.15) is 16.9 Å². The standard InChI is InChI=1S/C16H9FN2S2/c17-13-5-2-1-4-11(13)8-12(9-18)16-19-14(10-21-16)15-6-3-7-20-15/h1-8,10H. The molecule has 0 radical (unpaired) electrons. The molecule has 0 N–H and O–H groups in total. The predicted octanol–water partition coefficient (Wildman–Crippen LogP) is 5.07. The predicted molar refractivity (Wildman–Crippen MR) is 85.3 cm³/mol. The van der Waals surface area contributed by atoms with Crippen molar-refractivity contribution in [3.63, 3.8) is 0 Å². The van der Waals surface area contributed by atoms with Gasteiger partial charge in [-0.2, -0.15) is 5.26 Å². The van der Waals surface area contributed by atoms with E-state index in [0.717, 1.165) is 10.6 Å². The first kappa shape index (κ1) is 13.7. The number of halogens is 1. The van der Waals surface area contributed by atoms with Gasteiger partial charge >= 0.3 is 0 Å². The second kappa shape index (κ2) is 6.00. The summed E-state index contributed by atoms with van der Waals surface area (Å²) in [6.07, 6.45) is 1.53. The highest BCUT2D eigenvalue weighted by Crippen LogP contribution is 2.29. The number of hydrogen-bond donors (Lipinski definition) is 0. The van der Waals surface area contributed by atoms with E-state index in [2.05, 4.69) is 11.1 Å². The van der Waals surface area contributed by atoms with E-state index in [1.165, 1.54) is 23.5 Å². The van der Waals surface area contributed by atoms with E-state index in [1.54, 1.807) is 29.5 Å². The van der Waals surface area contributed by atoms with Gasteiger partial charge < -0.3 is 0 Å². The summed E-state index contributed by atoms with van der Waals surface area (Å²) in [7, 11) is 0. The summed E-state index contributed by atoms with van der Waals surface area (Å²) in [5.74, 6) is -0.347. The fourth-order valence-corrected chi connectivity index (χ4v) is 3.37. The van der Waals surface area contributed by atoms with Crippen molar-refractivity contribution >= 4 is 34.3 Å². The molecule has 0 aliphatic rings. The fourth-order valence-electron chi connectivity index (χ4n) is 1.82. The van der Waals surface area contributed by atoms with E-state index in [9.17, 15) is 9.65 Å². The minimum Gasteiger partial charge on any atom is -0.234 e. The van der Waals surface area contributed by atoms with Crippen LogP contribution in [0.4, 0.5) is 4.39 Å². The molecule has 102 valence electrons. The number of benzene rings is 1. The SMILES string of the molecule is N#CC(=Cc1ccccc1F)c1nc(-c2cccs2)cs1. The van der Waals surface area contributed by atoms with Gasteiger partial charge in [-0.25, -0.2) is 9.37 Å². The van der Waals surface area contributed by atoms with Gasteiger partial charge in [0, 0.05) is 10.9 Å². The average Bonchev–Trinajstić information content (AvgIpc) is 3.17. The number of nitrogens with zero attached hydrogens (tertiary/aromatic N) is 2. The number of thiophene rings is 1. The second-order valence-corrected chi connectivity index (χ2v) is 6.01. The molecular formula is C16H9FN2S2. The van der Waals surface area contributed by atoms with Gasteiger partial charge in [-0.1, -0.05) is 24.3 Å². The van der Waals surface area contributed by atoms with Crippen LogP contribution < -0.4 is 0 Å². The van der Waals surface area contributed by atoms with Crippen LogP contribution in [0, 0.1) is 17.1 Å². The summed E-state index contributed by atoms with van der Waals surface area (Å²) in [6.45, 7) is 0. The molecule has 1 aromatic carbocycles. The Kier molecular flexibility index (Phi) is 3.91. The largest absolute Gasteiger partial charge is 0.234 e.